The minimum atomic E-state index is 0.00400. The predicted octanol–water partition coefficient (Wildman–Crippen LogP) is 0.744. The van der Waals surface area contributed by atoms with Crippen molar-refractivity contribution in [3.05, 3.63) is 11.6 Å². The Morgan fingerprint density at radius 1 is 1.42 bits per heavy atom. The van der Waals surface area contributed by atoms with Gasteiger partial charge >= 0.3 is 0 Å². The van der Waals surface area contributed by atoms with E-state index in [0.29, 0.717) is 6.54 Å². The van der Waals surface area contributed by atoms with E-state index in [-0.39, 0.29) is 17.9 Å². The van der Waals surface area contributed by atoms with Crippen LogP contribution in [0.5, 0.6) is 0 Å². The van der Waals surface area contributed by atoms with Gasteiger partial charge < -0.3 is 9.64 Å². The van der Waals surface area contributed by atoms with E-state index in [0.717, 1.165) is 44.2 Å². The Balaban J connectivity index is 1.71. The molecule has 0 unspecified atom stereocenters. The van der Waals surface area contributed by atoms with Gasteiger partial charge in [0.25, 0.3) is 0 Å². The molecule has 2 atom stereocenters. The topological polar surface area (TPSA) is 60.2 Å². The van der Waals surface area contributed by atoms with Gasteiger partial charge in [0.2, 0.25) is 5.91 Å². The quantitative estimate of drug-likeness (QED) is 0.751. The van der Waals surface area contributed by atoms with Crippen LogP contribution in [0.3, 0.4) is 0 Å². The van der Waals surface area contributed by atoms with Crippen molar-refractivity contribution in [2.45, 2.75) is 45.9 Å². The smallest absolute Gasteiger partial charge is 0.228 e. The molecule has 1 aromatic rings. The molecule has 2 aliphatic heterocycles. The highest BCUT2D eigenvalue weighted by Crippen LogP contribution is 2.24. The van der Waals surface area contributed by atoms with Gasteiger partial charge in [-0.1, -0.05) is 0 Å². The summed E-state index contributed by atoms with van der Waals surface area (Å²) in [6, 6.07) is 0. The third-order valence-corrected chi connectivity index (χ3v) is 4.00. The van der Waals surface area contributed by atoms with Gasteiger partial charge in [0.1, 0.15) is 11.6 Å². The van der Waals surface area contributed by atoms with Crippen LogP contribution in [0.1, 0.15) is 31.4 Å². The van der Waals surface area contributed by atoms with Gasteiger partial charge in [-0.15, -0.1) is 0 Å². The van der Waals surface area contributed by atoms with Crippen LogP contribution in [0, 0.1) is 12.8 Å². The van der Waals surface area contributed by atoms with Crippen molar-refractivity contribution in [1.29, 1.82) is 0 Å². The van der Waals surface area contributed by atoms with Gasteiger partial charge in [0, 0.05) is 13.2 Å². The largest absolute Gasteiger partial charge is 0.378 e. The van der Waals surface area contributed by atoms with Crippen molar-refractivity contribution in [3.63, 3.8) is 0 Å². The fourth-order valence-electron chi connectivity index (χ4n) is 2.93. The average Bonchev–Trinajstić information content (AvgIpc) is 2.77. The summed E-state index contributed by atoms with van der Waals surface area (Å²) in [4.78, 5) is 18.8. The predicted molar refractivity (Wildman–Crippen MR) is 68.3 cm³/mol. The number of carbonyl (C=O) groups excluding carboxylic acids is 1. The van der Waals surface area contributed by atoms with Gasteiger partial charge in [-0.2, -0.15) is 5.10 Å². The van der Waals surface area contributed by atoms with Crippen molar-refractivity contribution in [3.8, 4) is 0 Å². The second kappa shape index (κ2) is 4.92. The van der Waals surface area contributed by atoms with Crippen LogP contribution >= 0.6 is 0 Å². The molecule has 19 heavy (non-hydrogen) atoms. The number of fused-ring (bicyclic) bond motifs is 1. The van der Waals surface area contributed by atoms with Gasteiger partial charge in [0.15, 0.2) is 0 Å². The van der Waals surface area contributed by atoms with Crippen LogP contribution in [-0.4, -0.2) is 44.8 Å². The molecule has 6 heteroatoms. The lowest BCUT2D eigenvalue weighted by Gasteiger charge is -2.34. The zero-order valence-electron chi connectivity index (χ0n) is 11.5. The Morgan fingerprint density at radius 3 is 3.05 bits per heavy atom. The van der Waals surface area contributed by atoms with E-state index >= 15 is 0 Å². The highest BCUT2D eigenvalue weighted by Gasteiger charge is 2.33. The SMILES string of the molecule is Cc1nc2n(n1)CCN(C(=O)[C@H]1CCCO[C@H]1C)C2. The van der Waals surface area contributed by atoms with Gasteiger partial charge in [0.05, 0.1) is 25.1 Å². The Kier molecular flexibility index (Phi) is 3.26. The van der Waals surface area contributed by atoms with Crippen LogP contribution < -0.4 is 0 Å². The normalized spacial score (nSPS) is 27.2. The maximum absolute atomic E-state index is 12.6. The molecular formula is C13H20N4O2. The van der Waals surface area contributed by atoms with E-state index in [1.54, 1.807) is 0 Å². The third kappa shape index (κ3) is 2.36. The van der Waals surface area contributed by atoms with Crippen molar-refractivity contribution in [2.75, 3.05) is 13.2 Å². The van der Waals surface area contributed by atoms with E-state index in [1.807, 2.05) is 23.4 Å². The van der Waals surface area contributed by atoms with E-state index < -0.39 is 0 Å². The summed E-state index contributed by atoms with van der Waals surface area (Å²) in [6.07, 6.45) is 1.94. The maximum Gasteiger partial charge on any atom is 0.228 e. The molecule has 104 valence electrons. The van der Waals surface area contributed by atoms with Crippen LogP contribution in [0.2, 0.25) is 0 Å². The Bertz CT molecular complexity index is 485. The molecule has 3 heterocycles. The first kappa shape index (κ1) is 12.6. The number of rotatable bonds is 1. The summed E-state index contributed by atoms with van der Waals surface area (Å²) in [5.41, 5.74) is 0. The molecule has 2 aliphatic rings. The highest BCUT2D eigenvalue weighted by molar-refractivity contribution is 5.79. The third-order valence-electron chi connectivity index (χ3n) is 4.00. The van der Waals surface area contributed by atoms with Crippen molar-refractivity contribution < 1.29 is 9.53 Å². The zero-order valence-corrected chi connectivity index (χ0v) is 11.5. The number of amides is 1. The second-order valence-corrected chi connectivity index (χ2v) is 5.38. The molecule has 0 saturated carbocycles. The molecule has 0 radical (unpaired) electrons. The molecule has 1 saturated heterocycles. The Hall–Kier alpha value is -1.43. The number of nitrogens with zero attached hydrogens (tertiary/aromatic N) is 4. The molecule has 0 N–H and O–H groups in total. The summed E-state index contributed by atoms with van der Waals surface area (Å²) in [5, 5.41) is 4.32. The molecule has 1 amide bonds. The monoisotopic (exact) mass is 264 g/mol. The molecule has 0 spiro atoms. The standard InChI is InChI=1S/C13H20N4O2/c1-9-11(4-3-7-19-9)13(18)16-5-6-17-12(8-16)14-10(2)15-17/h9,11H,3-8H2,1-2H3/t9-,11-/m0/s1. The lowest BCUT2D eigenvalue weighted by atomic mass is 9.93. The van der Waals surface area contributed by atoms with E-state index in [1.165, 1.54) is 0 Å². The van der Waals surface area contributed by atoms with Gasteiger partial charge in [-0.05, 0) is 26.7 Å². The van der Waals surface area contributed by atoms with Crippen LogP contribution in [0.4, 0.5) is 0 Å². The number of carbonyl (C=O) groups is 1. The van der Waals surface area contributed by atoms with E-state index in [9.17, 15) is 4.79 Å². The summed E-state index contributed by atoms with van der Waals surface area (Å²) in [6.45, 7) is 6.69. The van der Waals surface area contributed by atoms with Crippen LogP contribution in [-0.2, 0) is 22.6 Å². The van der Waals surface area contributed by atoms with Gasteiger partial charge in [-0.25, -0.2) is 9.67 Å². The molecule has 0 bridgehead atoms. The number of ether oxygens (including phenoxy) is 1. The first-order valence-corrected chi connectivity index (χ1v) is 6.96. The minimum Gasteiger partial charge on any atom is -0.378 e. The Labute approximate surface area is 112 Å². The summed E-state index contributed by atoms with van der Waals surface area (Å²) in [5.74, 6) is 1.88. The summed E-state index contributed by atoms with van der Waals surface area (Å²) < 4.78 is 7.50. The lowest BCUT2D eigenvalue weighted by molar-refractivity contribution is -0.145. The zero-order chi connectivity index (χ0) is 13.4. The fourth-order valence-corrected chi connectivity index (χ4v) is 2.93. The molecule has 1 fully saturated rings. The molecule has 0 aliphatic carbocycles. The number of hydrogen-bond acceptors (Lipinski definition) is 4. The molecular weight excluding hydrogens is 244 g/mol. The summed E-state index contributed by atoms with van der Waals surface area (Å²) in [7, 11) is 0. The first-order valence-electron chi connectivity index (χ1n) is 6.96. The lowest BCUT2D eigenvalue weighted by Crippen LogP contribution is -2.46. The van der Waals surface area contributed by atoms with Crippen LogP contribution in [0.15, 0.2) is 0 Å². The molecule has 1 aromatic heterocycles. The van der Waals surface area contributed by atoms with Crippen molar-refractivity contribution in [1.82, 2.24) is 19.7 Å². The van der Waals surface area contributed by atoms with E-state index in [4.69, 9.17) is 4.74 Å². The maximum atomic E-state index is 12.6. The number of hydrogen-bond donors (Lipinski definition) is 0. The number of aryl methyl sites for hydroxylation is 1. The molecule has 0 aromatic carbocycles. The van der Waals surface area contributed by atoms with Crippen molar-refractivity contribution >= 4 is 5.91 Å². The van der Waals surface area contributed by atoms with Crippen molar-refractivity contribution in [2.24, 2.45) is 5.92 Å². The molecule has 6 nitrogen and oxygen atoms in total. The second-order valence-electron chi connectivity index (χ2n) is 5.38. The van der Waals surface area contributed by atoms with E-state index in [2.05, 4.69) is 10.1 Å². The van der Waals surface area contributed by atoms with Gasteiger partial charge in [-0.3, -0.25) is 4.79 Å². The Morgan fingerprint density at radius 2 is 2.26 bits per heavy atom. The average molecular weight is 264 g/mol. The fraction of sp³-hybridized carbons (Fsp3) is 0.769. The summed E-state index contributed by atoms with van der Waals surface area (Å²) >= 11 is 0. The first-order chi connectivity index (χ1) is 9.15. The molecule has 3 rings (SSSR count). The highest BCUT2D eigenvalue weighted by atomic mass is 16.5. The number of aromatic nitrogens is 3. The van der Waals surface area contributed by atoms with Crippen LogP contribution in [0.25, 0.3) is 0 Å². The minimum absolute atomic E-state index is 0.00400.